The molecule has 1 aliphatic rings. The van der Waals surface area contributed by atoms with Gasteiger partial charge in [-0.15, -0.1) is 0 Å². The highest BCUT2D eigenvalue weighted by atomic mass is 19.4. The normalized spacial score (nSPS) is 20.6. The largest absolute Gasteiger partial charge is 0.492 e. The smallest absolute Gasteiger partial charge is 0.380 e. The number of rotatable bonds is 6. The molecule has 2 atom stereocenters. The van der Waals surface area contributed by atoms with E-state index in [1.807, 2.05) is 36.4 Å². The molecule has 0 saturated carbocycles. The number of likely N-dealkylation sites (N-methyl/N-ethyl adjacent to an activating group) is 1. The number of hydroxylamine groups is 2. The van der Waals surface area contributed by atoms with Crippen molar-refractivity contribution in [1.82, 2.24) is 9.96 Å². The summed E-state index contributed by atoms with van der Waals surface area (Å²) in [6.07, 6.45) is -6.81. The van der Waals surface area contributed by atoms with Crippen molar-refractivity contribution >= 4 is 11.9 Å². The summed E-state index contributed by atoms with van der Waals surface area (Å²) in [6.45, 7) is 0.0161. The van der Waals surface area contributed by atoms with E-state index in [-0.39, 0.29) is 17.7 Å². The van der Waals surface area contributed by atoms with Gasteiger partial charge >= 0.3 is 12.1 Å². The molecule has 0 bridgehead atoms. The summed E-state index contributed by atoms with van der Waals surface area (Å²) in [4.78, 5) is 31.9. The minimum atomic E-state index is -5.31. The Morgan fingerprint density at radius 3 is 2.19 bits per heavy atom. The van der Waals surface area contributed by atoms with Gasteiger partial charge < -0.3 is 14.5 Å². The molecule has 0 spiro atoms. The second-order valence-electron chi connectivity index (χ2n) is 8.24. The summed E-state index contributed by atoms with van der Waals surface area (Å²) in [7, 11) is 2.81. The number of alkyl halides is 3. The molecule has 1 saturated heterocycles. The van der Waals surface area contributed by atoms with Crippen molar-refractivity contribution in [2.24, 2.45) is 5.73 Å². The number of nitrogens with two attached hydrogens (primary N) is 1. The maximum Gasteiger partial charge on any atom is 0.492 e. The molecule has 36 heavy (non-hydrogen) atoms. The molecule has 1 amide bonds. The number of carbonyl (C=O) groups is 2. The van der Waals surface area contributed by atoms with Gasteiger partial charge in [0.05, 0.1) is 6.61 Å². The Morgan fingerprint density at radius 1 is 1.00 bits per heavy atom. The number of halogens is 3. The van der Waals surface area contributed by atoms with Gasteiger partial charge in [0.15, 0.2) is 11.8 Å². The topological polar surface area (TPSA) is 85.1 Å². The van der Waals surface area contributed by atoms with Crippen molar-refractivity contribution in [3.8, 4) is 11.1 Å². The summed E-state index contributed by atoms with van der Waals surface area (Å²) >= 11 is 0. The van der Waals surface area contributed by atoms with E-state index in [1.54, 1.807) is 42.5 Å². The zero-order valence-corrected chi connectivity index (χ0v) is 19.5. The number of hydrogen-bond donors (Lipinski definition) is 1. The molecule has 4 rings (SSSR count). The van der Waals surface area contributed by atoms with Crippen LogP contribution in [0.15, 0.2) is 78.9 Å². The standard InChI is InChI=1S/C26H24F3N3O4/c1-31-22(33)25(18-12-7-4-8-13-18,32(24(31)30)36-23(34)26(27,28)29)21-15-9-14-19(20(21)16-35-2)17-10-5-3-6-11-17/h3-15,24H,16,30H2,1-2H3. The molecule has 0 aliphatic carbocycles. The van der Waals surface area contributed by atoms with Crippen LogP contribution >= 0.6 is 0 Å². The molecule has 2 N–H and O–H groups in total. The lowest BCUT2D eigenvalue weighted by Gasteiger charge is -2.37. The van der Waals surface area contributed by atoms with Crippen LogP contribution in [0.25, 0.3) is 11.1 Å². The Balaban J connectivity index is 2.06. The Bertz CT molecular complexity index is 1250. The summed E-state index contributed by atoms with van der Waals surface area (Å²) in [5, 5.41) is 0.629. The minimum absolute atomic E-state index is 0.0161. The van der Waals surface area contributed by atoms with E-state index in [9.17, 15) is 22.8 Å². The van der Waals surface area contributed by atoms with E-state index in [2.05, 4.69) is 0 Å². The van der Waals surface area contributed by atoms with Gasteiger partial charge in [-0.2, -0.15) is 13.2 Å². The zero-order valence-electron chi connectivity index (χ0n) is 19.5. The zero-order chi connectivity index (χ0) is 26.1. The first-order chi connectivity index (χ1) is 17.1. The van der Waals surface area contributed by atoms with Gasteiger partial charge in [0.25, 0.3) is 5.91 Å². The number of amides is 1. The number of nitrogens with zero attached hydrogens (tertiary/aromatic N) is 2. The average Bonchev–Trinajstić information content (AvgIpc) is 3.06. The number of ether oxygens (including phenoxy) is 1. The van der Waals surface area contributed by atoms with Crippen molar-refractivity contribution in [3.05, 3.63) is 95.6 Å². The molecule has 2 unspecified atom stereocenters. The molecule has 10 heteroatoms. The van der Waals surface area contributed by atoms with Crippen molar-refractivity contribution in [2.45, 2.75) is 24.6 Å². The number of carbonyl (C=O) groups excluding carboxylic acids is 2. The van der Waals surface area contributed by atoms with E-state index in [0.29, 0.717) is 16.2 Å². The van der Waals surface area contributed by atoms with Gasteiger partial charge in [-0.05, 0) is 27.8 Å². The van der Waals surface area contributed by atoms with Gasteiger partial charge in [0.1, 0.15) is 0 Å². The second kappa shape index (κ2) is 9.73. The van der Waals surface area contributed by atoms with E-state index < -0.39 is 29.9 Å². The first-order valence-corrected chi connectivity index (χ1v) is 11.0. The van der Waals surface area contributed by atoms with E-state index in [0.717, 1.165) is 10.5 Å². The lowest BCUT2D eigenvalue weighted by Crippen LogP contribution is -2.54. The summed E-state index contributed by atoms with van der Waals surface area (Å²) in [5.41, 5.74) is 6.74. The highest BCUT2D eigenvalue weighted by Gasteiger charge is 2.62. The summed E-state index contributed by atoms with van der Waals surface area (Å²) in [6, 6.07) is 22.5. The van der Waals surface area contributed by atoms with Crippen molar-refractivity contribution in [3.63, 3.8) is 0 Å². The van der Waals surface area contributed by atoms with Gasteiger partial charge in [0.2, 0.25) is 0 Å². The van der Waals surface area contributed by atoms with Gasteiger partial charge in [-0.25, -0.2) is 4.79 Å². The molecular weight excluding hydrogens is 475 g/mol. The van der Waals surface area contributed by atoms with E-state index in [1.165, 1.54) is 14.2 Å². The predicted molar refractivity (Wildman–Crippen MR) is 125 cm³/mol. The number of benzene rings is 3. The fourth-order valence-corrected chi connectivity index (χ4v) is 4.52. The highest BCUT2D eigenvalue weighted by molar-refractivity contribution is 5.95. The Hall–Kier alpha value is -3.73. The molecule has 1 heterocycles. The van der Waals surface area contributed by atoms with Crippen LogP contribution in [0, 0.1) is 0 Å². The molecule has 3 aromatic rings. The predicted octanol–water partition coefficient (Wildman–Crippen LogP) is 3.78. The van der Waals surface area contributed by atoms with Crippen LogP contribution in [-0.2, 0) is 31.3 Å². The quantitative estimate of drug-likeness (QED) is 0.556. The van der Waals surface area contributed by atoms with Crippen LogP contribution in [0.1, 0.15) is 16.7 Å². The fraction of sp³-hybridized carbons (Fsp3) is 0.231. The maximum absolute atomic E-state index is 14.0. The lowest BCUT2D eigenvalue weighted by atomic mass is 9.78. The Morgan fingerprint density at radius 2 is 1.61 bits per heavy atom. The van der Waals surface area contributed by atoms with Crippen LogP contribution in [0.2, 0.25) is 0 Å². The summed E-state index contributed by atoms with van der Waals surface area (Å²) in [5.74, 6) is -3.16. The maximum atomic E-state index is 14.0. The minimum Gasteiger partial charge on any atom is -0.380 e. The van der Waals surface area contributed by atoms with Gasteiger partial charge in [-0.3, -0.25) is 10.5 Å². The van der Waals surface area contributed by atoms with Crippen molar-refractivity contribution in [2.75, 3.05) is 14.2 Å². The average molecular weight is 499 g/mol. The van der Waals surface area contributed by atoms with Gasteiger partial charge in [-0.1, -0.05) is 83.9 Å². The monoisotopic (exact) mass is 499 g/mol. The Labute approximate surface area is 205 Å². The first-order valence-electron chi connectivity index (χ1n) is 11.0. The number of hydrogen-bond acceptors (Lipinski definition) is 6. The van der Waals surface area contributed by atoms with Crippen LogP contribution in [-0.4, -0.2) is 48.5 Å². The van der Waals surface area contributed by atoms with Gasteiger partial charge in [0, 0.05) is 14.2 Å². The third-order valence-corrected chi connectivity index (χ3v) is 6.14. The summed E-state index contributed by atoms with van der Waals surface area (Å²) < 4.78 is 45.4. The van der Waals surface area contributed by atoms with Crippen molar-refractivity contribution in [1.29, 1.82) is 0 Å². The molecular formula is C26H24F3N3O4. The second-order valence-corrected chi connectivity index (χ2v) is 8.24. The number of methoxy groups -OCH3 is 1. The van der Waals surface area contributed by atoms with Crippen LogP contribution in [0.5, 0.6) is 0 Å². The van der Waals surface area contributed by atoms with E-state index in [4.69, 9.17) is 15.3 Å². The molecule has 3 aromatic carbocycles. The molecule has 7 nitrogen and oxygen atoms in total. The Kier molecular flexibility index (Phi) is 6.85. The van der Waals surface area contributed by atoms with Crippen LogP contribution in [0.4, 0.5) is 13.2 Å². The molecule has 1 fully saturated rings. The molecule has 0 aromatic heterocycles. The first kappa shape index (κ1) is 25.4. The third-order valence-electron chi connectivity index (χ3n) is 6.14. The SMILES string of the molecule is COCc1c(-c2ccccc2)cccc1C1(c2ccccc2)C(=O)N(C)C(N)N1OC(=O)C(F)(F)F. The van der Waals surface area contributed by atoms with Crippen LogP contribution in [0.3, 0.4) is 0 Å². The third kappa shape index (κ3) is 4.13. The van der Waals surface area contributed by atoms with Crippen molar-refractivity contribution < 1.29 is 32.3 Å². The fourth-order valence-electron chi connectivity index (χ4n) is 4.52. The lowest BCUT2D eigenvalue weighted by molar-refractivity contribution is -0.260. The molecule has 1 aliphatic heterocycles. The van der Waals surface area contributed by atoms with Crippen LogP contribution < -0.4 is 5.73 Å². The van der Waals surface area contributed by atoms with E-state index >= 15 is 0 Å². The molecule has 0 radical (unpaired) electrons. The molecule has 188 valence electrons. The highest BCUT2D eigenvalue weighted by Crippen LogP contribution is 2.47.